The van der Waals surface area contributed by atoms with E-state index in [1.54, 1.807) is 74.5 Å². The average Bonchev–Trinajstić information content (AvgIpc) is 2.92. The molecule has 0 heterocycles. The minimum absolute atomic E-state index is 0.00811. The first-order chi connectivity index (χ1) is 18.6. The maximum atomic E-state index is 13.9. The molecule has 3 aromatic carbocycles. The Hall–Kier alpha value is -3.56. The zero-order chi connectivity index (χ0) is 28.6. The lowest BCUT2D eigenvalue weighted by atomic mass is 10.1. The van der Waals surface area contributed by atoms with Crippen LogP contribution in [-0.2, 0) is 26.2 Å². The molecule has 0 fully saturated rings. The van der Waals surface area contributed by atoms with E-state index in [1.807, 2.05) is 13.8 Å². The van der Waals surface area contributed by atoms with E-state index < -0.39 is 28.5 Å². The fourth-order valence-electron chi connectivity index (χ4n) is 3.96. The normalized spacial score (nSPS) is 11.9. The molecular formula is C29H34ClN3O5S. The Morgan fingerprint density at radius 3 is 2.21 bits per heavy atom. The highest BCUT2D eigenvalue weighted by atomic mass is 35.5. The molecule has 1 atom stereocenters. The summed E-state index contributed by atoms with van der Waals surface area (Å²) in [4.78, 5) is 28.0. The number of carbonyl (C=O) groups is 2. The standard InChI is InChI=1S/C29H34ClN3O5S/c1-5-31-29(35)22(4)32(19-23-9-7-8-10-27(23)30)28(34)20-33(24-13-11-21(3)12-14-24)39(36,37)26-17-15-25(16-18-26)38-6-2/h7-18,22H,5-6,19-20H2,1-4H3,(H,31,35)/t22-/m1/s1. The summed E-state index contributed by atoms with van der Waals surface area (Å²) >= 11 is 6.37. The number of sulfonamides is 1. The van der Waals surface area contributed by atoms with Gasteiger partial charge in [-0.15, -0.1) is 0 Å². The molecule has 0 saturated heterocycles. The van der Waals surface area contributed by atoms with E-state index in [0.29, 0.717) is 35.2 Å². The number of hydrogen-bond acceptors (Lipinski definition) is 5. The van der Waals surface area contributed by atoms with E-state index in [-0.39, 0.29) is 17.3 Å². The van der Waals surface area contributed by atoms with Crippen LogP contribution in [0.4, 0.5) is 5.69 Å². The third kappa shape index (κ3) is 7.52. The van der Waals surface area contributed by atoms with Crippen LogP contribution in [0.25, 0.3) is 0 Å². The molecule has 0 aliphatic rings. The van der Waals surface area contributed by atoms with E-state index in [9.17, 15) is 18.0 Å². The van der Waals surface area contributed by atoms with Gasteiger partial charge in [0.05, 0.1) is 17.2 Å². The maximum Gasteiger partial charge on any atom is 0.264 e. The Morgan fingerprint density at radius 2 is 1.62 bits per heavy atom. The van der Waals surface area contributed by atoms with E-state index >= 15 is 0 Å². The molecule has 39 heavy (non-hydrogen) atoms. The summed E-state index contributed by atoms with van der Waals surface area (Å²) in [6.45, 7) is 7.46. The minimum atomic E-state index is -4.16. The van der Waals surface area contributed by atoms with E-state index in [1.165, 1.54) is 17.0 Å². The van der Waals surface area contributed by atoms with Gasteiger partial charge in [0.2, 0.25) is 11.8 Å². The average molecular weight is 572 g/mol. The van der Waals surface area contributed by atoms with Crippen LogP contribution < -0.4 is 14.4 Å². The van der Waals surface area contributed by atoms with Crippen molar-refractivity contribution in [2.45, 2.75) is 45.2 Å². The van der Waals surface area contributed by atoms with Crippen molar-refractivity contribution >= 4 is 39.1 Å². The van der Waals surface area contributed by atoms with Crippen molar-refractivity contribution in [2.24, 2.45) is 0 Å². The third-order valence-corrected chi connectivity index (χ3v) is 8.30. The lowest BCUT2D eigenvalue weighted by molar-refractivity contribution is -0.139. The van der Waals surface area contributed by atoms with Gasteiger partial charge in [-0.2, -0.15) is 0 Å². The van der Waals surface area contributed by atoms with Crippen LogP contribution in [0.2, 0.25) is 5.02 Å². The molecule has 0 radical (unpaired) electrons. The van der Waals surface area contributed by atoms with E-state index in [2.05, 4.69) is 5.32 Å². The summed E-state index contributed by atoms with van der Waals surface area (Å²) in [5, 5.41) is 3.17. The lowest BCUT2D eigenvalue weighted by Crippen LogP contribution is -2.51. The van der Waals surface area contributed by atoms with Gasteiger partial charge in [-0.05, 0) is 75.7 Å². The van der Waals surface area contributed by atoms with Crippen molar-refractivity contribution in [3.05, 3.63) is 88.9 Å². The van der Waals surface area contributed by atoms with Crippen LogP contribution in [0, 0.1) is 6.92 Å². The van der Waals surface area contributed by atoms with E-state index in [4.69, 9.17) is 16.3 Å². The van der Waals surface area contributed by atoms with Crippen LogP contribution >= 0.6 is 11.6 Å². The predicted octanol–water partition coefficient (Wildman–Crippen LogP) is 4.80. The molecule has 0 bridgehead atoms. The maximum absolute atomic E-state index is 13.9. The second kappa shape index (κ2) is 13.5. The second-order valence-corrected chi connectivity index (χ2v) is 11.2. The molecule has 1 N–H and O–H groups in total. The fraction of sp³-hybridized carbons (Fsp3) is 0.310. The van der Waals surface area contributed by atoms with Gasteiger partial charge in [-0.25, -0.2) is 8.42 Å². The first-order valence-corrected chi connectivity index (χ1v) is 14.5. The first kappa shape index (κ1) is 30.0. The van der Waals surface area contributed by atoms with Crippen molar-refractivity contribution in [1.82, 2.24) is 10.2 Å². The number of ether oxygens (including phenoxy) is 1. The molecule has 0 saturated carbocycles. The number of nitrogens with one attached hydrogen (secondary N) is 1. The smallest absolute Gasteiger partial charge is 0.264 e. The Morgan fingerprint density at radius 1 is 0.974 bits per heavy atom. The molecule has 0 aromatic heterocycles. The lowest BCUT2D eigenvalue weighted by Gasteiger charge is -2.32. The van der Waals surface area contributed by atoms with Crippen molar-refractivity contribution in [3.63, 3.8) is 0 Å². The summed E-state index contributed by atoms with van der Waals surface area (Å²) in [7, 11) is -4.16. The number of amides is 2. The molecule has 8 nitrogen and oxygen atoms in total. The van der Waals surface area contributed by atoms with Crippen molar-refractivity contribution in [1.29, 1.82) is 0 Å². The Balaban J connectivity index is 2.02. The van der Waals surface area contributed by atoms with Gasteiger partial charge >= 0.3 is 0 Å². The monoisotopic (exact) mass is 571 g/mol. The van der Waals surface area contributed by atoms with Crippen molar-refractivity contribution < 1.29 is 22.7 Å². The summed E-state index contributed by atoms with van der Waals surface area (Å²) in [6, 6.07) is 19.1. The van der Waals surface area contributed by atoms with Crippen molar-refractivity contribution in [3.8, 4) is 5.75 Å². The quantitative estimate of drug-likeness (QED) is 0.337. The molecule has 10 heteroatoms. The molecule has 3 aromatic rings. The molecule has 3 rings (SSSR count). The Bertz CT molecular complexity index is 1380. The Kier molecular flexibility index (Phi) is 10.4. The van der Waals surface area contributed by atoms with Gasteiger partial charge in [-0.1, -0.05) is 47.5 Å². The van der Waals surface area contributed by atoms with Crippen LogP contribution in [-0.4, -0.2) is 50.9 Å². The van der Waals surface area contributed by atoms with Crippen molar-refractivity contribution in [2.75, 3.05) is 24.0 Å². The number of nitrogens with zero attached hydrogens (tertiary/aromatic N) is 2. The number of hydrogen-bond donors (Lipinski definition) is 1. The minimum Gasteiger partial charge on any atom is -0.494 e. The fourth-order valence-corrected chi connectivity index (χ4v) is 5.57. The van der Waals surface area contributed by atoms with Gasteiger partial charge in [0.15, 0.2) is 0 Å². The van der Waals surface area contributed by atoms with Gasteiger partial charge < -0.3 is 15.0 Å². The third-order valence-electron chi connectivity index (χ3n) is 6.14. The summed E-state index contributed by atoms with van der Waals surface area (Å²) in [5.74, 6) is -0.367. The van der Waals surface area contributed by atoms with Gasteiger partial charge in [-0.3, -0.25) is 13.9 Å². The molecule has 2 amide bonds. The highest BCUT2D eigenvalue weighted by Gasteiger charge is 2.32. The zero-order valence-electron chi connectivity index (χ0n) is 22.6. The van der Waals surface area contributed by atoms with Crippen LogP contribution in [0.15, 0.2) is 77.7 Å². The molecule has 0 aliphatic carbocycles. The molecular weight excluding hydrogens is 538 g/mol. The molecule has 0 unspecified atom stereocenters. The predicted molar refractivity (Wildman–Crippen MR) is 153 cm³/mol. The van der Waals surface area contributed by atoms with Crippen LogP contribution in [0.5, 0.6) is 5.75 Å². The summed E-state index contributed by atoms with van der Waals surface area (Å²) in [5.41, 5.74) is 1.90. The second-order valence-electron chi connectivity index (χ2n) is 8.94. The van der Waals surface area contributed by atoms with Gasteiger partial charge in [0, 0.05) is 18.1 Å². The number of likely N-dealkylation sites (N-methyl/N-ethyl adjacent to an activating group) is 1. The van der Waals surface area contributed by atoms with Crippen LogP contribution in [0.3, 0.4) is 0 Å². The number of aryl methyl sites for hydroxylation is 1. The topological polar surface area (TPSA) is 96.0 Å². The SMILES string of the molecule is CCNC(=O)[C@@H](C)N(Cc1ccccc1Cl)C(=O)CN(c1ccc(C)cc1)S(=O)(=O)c1ccc(OCC)cc1. The highest BCUT2D eigenvalue weighted by molar-refractivity contribution is 7.92. The highest BCUT2D eigenvalue weighted by Crippen LogP contribution is 2.27. The summed E-state index contributed by atoms with van der Waals surface area (Å²) in [6.07, 6.45) is 0. The molecule has 208 valence electrons. The first-order valence-electron chi connectivity index (χ1n) is 12.7. The molecule has 0 spiro atoms. The Labute approximate surface area is 235 Å². The number of rotatable bonds is 12. The number of anilines is 1. The number of carbonyl (C=O) groups excluding carboxylic acids is 2. The van der Waals surface area contributed by atoms with Gasteiger partial charge in [0.1, 0.15) is 18.3 Å². The number of benzene rings is 3. The van der Waals surface area contributed by atoms with E-state index in [0.717, 1.165) is 9.87 Å². The van der Waals surface area contributed by atoms with Gasteiger partial charge in [0.25, 0.3) is 10.0 Å². The summed E-state index contributed by atoms with van der Waals surface area (Å²) < 4.78 is 34.3. The molecule has 0 aliphatic heterocycles. The largest absolute Gasteiger partial charge is 0.494 e. The zero-order valence-corrected chi connectivity index (χ0v) is 24.1. The van der Waals surface area contributed by atoms with Crippen LogP contribution in [0.1, 0.15) is 31.9 Å². The number of halogens is 1.